The van der Waals surface area contributed by atoms with E-state index < -0.39 is 11.6 Å². The Labute approximate surface area is 214 Å². The third-order valence-electron chi connectivity index (χ3n) is 7.95. The number of hydrogen-bond acceptors (Lipinski definition) is 5. The van der Waals surface area contributed by atoms with Crippen LogP contribution in [-0.2, 0) is 0 Å². The zero-order valence-corrected chi connectivity index (χ0v) is 20.4. The Kier molecular flexibility index (Phi) is 5.92. The van der Waals surface area contributed by atoms with E-state index in [1.165, 1.54) is 22.9 Å². The Hall–Kier alpha value is -3.77. The molecule has 0 aliphatic carbocycles. The number of aromatic nitrogens is 2. The molecular weight excluding hydrogens is 474 g/mol. The molecule has 4 heterocycles. The lowest BCUT2D eigenvalue weighted by Gasteiger charge is -2.37. The van der Waals surface area contributed by atoms with Crippen LogP contribution in [0.3, 0.4) is 0 Å². The number of hydrogen-bond donors (Lipinski definition) is 1. The molecule has 37 heavy (non-hydrogen) atoms. The van der Waals surface area contributed by atoms with Gasteiger partial charge in [0.1, 0.15) is 17.6 Å². The van der Waals surface area contributed by atoms with E-state index >= 15 is 4.39 Å². The third kappa shape index (κ3) is 4.15. The minimum Gasteiger partial charge on any atom is -0.371 e. The normalized spacial score (nSPS) is 22.9. The van der Waals surface area contributed by atoms with Gasteiger partial charge in [0.15, 0.2) is 11.5 Å². The van der Waals surface area contributed by atoms with Crippen LogP contribution in [0.4, 0.5) is 14.5 Å². The summed E-state index contributed by atoms with van der Waals surface area (Å²) in [5.74, 6) is -1.39. The van der Waals surface area contributed by atoms with Crippen molar-refractivity contribution >= 4 is 11.6 Å². The van der Waals surface area contributed by atoms with Gasteiger partial charge in [0.2, 0.25) is 0 Å². The van der Waals surface area contributed by atoms with Crippen molar-refractivity contribution in [2.45, 2.75) is 56.7 Å². The Balaban J connectivity index is 1.43. The highest BCUT2D eigenvalue weighted by Gasteiger charge is 2.43. The van der Waals surface area contributed by atoms with E-state index in [1.807, 2.05) is 17.0 Å². The summed E-state index contributed by atoms with van der Waals surface area (Å²) in [6, 6.07) is 12.8. The van der Waals surface area contributed by atoms with Gasteiger partial charge in [-0.1, -0.05) is 6.07 Å². The minimum absolute atomic E-state index is 0.0682. The molecule has 7 nitrogen and oxygen atoms in total. The Morgan fingerprint density at radius 1 is 1.00 bits per heavy atom. The van der Waals surface area contributed by atoms with Crippen molar-refractivity contribution in [2.75, 3.05) is 18.0 Å². The van der Waals surface area contributed by atoms with Gasteiger partial charge in [-0.25, -0.2) is 13.5 Å². The molecule has 3 aromatic rings. The average molecular weight is 503 g/mol. The van der Waals surface area contributed by atoms with Gasteiger partial charge in [-0.15, -0.1) is 0 Å². The van der Waals surface area contributed by atoms with Crippen molar-refractivity contribution in [3.05, 3.63) is 65.4 Å². The second-order valence-corrected chi connectivity index (χ2v) is 10.3. The zero-order chi connectivity index (χ0) is 25.7. The van der Waals surface area contributed by atoms with E-state index in [9.17, 15) is 9.18 Å². The molecule has 3 fully saturated rings. The second kappa shape index (κ2) is 9.27. The van der Waals surface area contributed by atoms with E-state index in [1.54, 1.807) is 18.2 Å². The van der Waals surface area contributed by atoms with E-state index in [0.29, 0.717) is 11.3 Å². The van der Waals surface area contributed by atoms with Gasteiger partial charge < -0.3 is 15.5 Å². The fourth-order valence-corrected chi connectivity index (χ4v) is 6.16. The van der Waals surface area contributed by atoms with Gasteiger partial charge >= 0.3 is 0 Å². The molecule has 0 radical (unpaired) electrons. The van der Waals surface area contributed by atoms with Crippen LogP contribution in [0, 0.1) is 23.0 Å². The van der Waals surface area contributed by atoms with Crippen LogP contribution in [0.15, 0.2) is 42.5 Å². The van der Waals surface area contributed by atoms with Crippen molar-refractivity contribution < 1.29 is 13.6 Å². The quantitative estimate of drug-likeness (QED) is 0.572. The lowest BCUT2D eigenvalue weighted by atomic mass is 9.98. The Morgan fingerprint density at radius 3 is 2.38 bits per heavy atom. The molecule has 9 heteroatoms. The number of nitrogens with two attached hydrogens (primary N) is 1. The van der Waals surface area contributed by atoms with E-state index in [0.717, 1.165) is 57.3 Å². The number of amides is 1. The fourth-order valence-electron chi connectivity index (χ4n) is 6.16. The first-order valence-corrected chi connectivity index (χ1v) is 12.9. The second-order valence-electron chi connectivity index (χ2n) is 10.3. The van der Waals surface area contributed by atoms with Gasteiger partial charge in [0.05, 0.1) is 11.3 Å². The standard InChI is InChI=1S/C28H28F2N6O/c29-23-11-17(3-4-18(23)16-31)27-15-25(28(37)35-21-5-6-22(35)13-19(32)12-21)33-36(27)26-8-7-20(14-24(26)30)34-9-1-2-10-34/h3-4,7-8,11,14-15,19,21-22H,1-2,5-6,9-10,12-13,32H2. The van der Waals surface area contributed by atoms with Crippen molar-refractivity contribution in [1.29, 1.82) is 5.26 Å². The molecule has 6 rings (SSSR count). The Bertz CT molecular complexity index is 1390. The number of nitrogens with zero attached hydrogens (tertiary/aromatic N) is 5. The van der Waals surface area contributed by atoms with E-state index in [-0.39, 0.29) is 41.0 Å². The van der Waals surface area contributed by atoms with E-state index in [4.69, 9.17) is 11.0 Å². The number of carbonyl (C=O) groups excluding carboxylic acids is 1. The average Bonchev–Trinajstić information content (AvgIpc) is 3.62. The highest BCUT2D eigenvalue weighted by atomic mass is 19.1. The van der Waals surface area contributed by atoms with Gasteiger partial charge in [-0.05, 0) is 74.9 Å². The van der Waals surface area contributed by atoms with Crippen LogP contribution >= 0.6 is 0 Å². The molecule has 2 unspecified atom stereocenters. The highest BCUT2D eigenvalue weighted by Crippen LogP contribution is 2.37. The van der Waals surface area contributed by atoms with Gasteiger partial charge in [0.25, 0.3) is 5.91 Å². The number of piperidine rings is 1. The Morgan fingerprint density at radius 2 is 1.73 bits per heavy atom. The monoisotopic (exact) mass is 502 g/mol. The topological polar surface area (TPSA) is 91.2 Å². The van der Waals surface area contributed by atoms with Crippen molar-refractivity contribution in [3.8, 4) is 23.0 Å². The first-order chi connectivity index (χ1) is 17.9. The molecule has 1 aromatic heterocycles. The van der Waals surface area contributed by atoms with Crippen LogP contribution in [0.2, 0.25) is 0 Å². The van der Waals surface area contributed by atoms with E-state index in [2.05, 4.69) is 10.00 Å². The first-order valence-electron chi connectivity index (χ1n) is 12.9. The maximum Gasteiger partial charge on any atom is 0.274 e. The van der Waals surface area contributed by atoms with Crippen LogP contribution in [-0.4, -0.2) is 51.8 Å². The molecule has 3 aliphatic rings. The molecule has 1 amide bonds. The third-order valence-corrected chi connectivity index (χ3v) is 7.95. The van der Waals surface area contributed by atoms with Crippen molar-refractivity contribution in [2.24, 2.45) is 5.73 Å². The fraction of sp³-hybridized carbons (Fsp3) is 0.393. The smallest absolute Gasteiger partial charge is 0.274 e. The summed E-state index contributed by atoms with van der Waals surface area (Å²) in [5.41, 5.74) is 8.02. The summed E-state index contributed by atoms with van der Waals surface area (Å²) in [6.45, 7) is 1.77. The van der Waals surface area contributed by atoms with Crippen molar-refractivity contribution in [1.82, 2.24) is 14.7 Å². The molecule has 0 saturated carbocycles. The minimum atomic E-state index is -0.687. The van der Waals surface area contributed by atoms with Gasteiger partial charge in [-0.2, -0.15) is 10.4 Å². The molecule has 0 spiro atoms. The molecule has 2 bridgehead atoms. The molecular formula is C28H28F2N6O. The summed E-state index contributed by atoms with van der Waals surface area (Å²) >= 11 is 0. The molecule has 3 aliphatic heterocycles. The number of rotatable bonds is 4. The molecule has 2 atom stereocenters. The molecule has 3 saturated heterocycles. The number of fused-ring (bicyclic) bond motifs is 2. The van der Waals surface area contributed by atoms with Gasteiger partial charge in [0, 0.05) is 42.5 Å². The SMILES string of the molecule is N#Cc1ccc(-c2cc(C(=O)N3C4CCC3CC(N)C4)nn2-c2ccc(N3CCCC3)cc2F)cc1F. The summed E-state index contributed by atoms with van der Waals surface area (Å²) in [7, 11) is 0. The van der Waals surface area contributed by atoms with Crippen LogP contribution < -0.4 is 10.6 Å². The largest absolute Gasteiger partial charge is 0.371 e. The predicted octanol–water partition coefficient (Wildman–Crippen LogP) is 4.38. The number of halogens is 2. The molecule has 2 aromatic carbocycles. The van der Waals surface area contributed by atoms with Crippen molar-refractivity contribution in [3.63, 3.8) is 0 Å². The number of nitriles is 1. The lowest BCUT2D eigenvalue weighted by Crippen LogP contribution is -2.50. The zero-order valence-electron chi connectivity index (χ0n) is 20.4. The number of anilines is 1. The first kappa shape index (κ1) is 23.6. The molecule has 2 N–H and O–H groups in total. The summed E-state index contributed by atoms with van der Waals surface area (Å²) in [6.07, 6.45) is 5.47. The lowest BCUT2D eigenvalue weighted by molar-refractivity contribution is 0.0568. The maximum absolute atomic E-state index is 15.5. The van der Waals surface area contributed by atoms with Crippen LogP contribution in [0.1, 0.15) is 54.6 Å². The summed E-state index contributed by atoms with van der Waals surface area (Å²) in [4.78, 5) is 17.7. The number of benzene rings is 2. The molecule has 190 valence electrons. The summed E-state index contributed by atoms with van der Waals surface area (Å²) < 4.78 is 31.4. The van der Waals surface area contributed by atoms with Crippen LogP contribution in [0.5, 0.6) is 0 Å². The van der Waals surface area contributed by atoms with Gasteiger partial charge in [-0.3, -0.25) is 4.79 Å². The predicted molar refractivity (Wildman–Crippen MR) is 135 cm³/mol. The highest BCUT2D eigenvalue weighted by molar-refractivity contribution is 5.94. The maximum atomic E-state index is 15.5. The van der Waals surface area contributed by atoms with Crippen LogP contribution in [0.25, 0.3) is 16.9 Å². The number of carbonyl (C=O) groups is 1. The summed E-state index contributed by atoms with van der Waals surface area (Å²) in [5, 5.41) is 13.7.